The molecule has 176 valence electrons. The summed E-state index contributed by atoms with van der Waals surface area (Å²) in [6.45, 7) is 0.289. The number of benzene rings is 2. The standard InChI is InChI=1S/C22H20BrClN6O4/c1-28-19-17(20(32)29(2)22(28)33)30(11-12-4-6-14(24)7-5-12)21(26-19)27-25-10-13-8-15(23)18(31)16(9-13)34-3/h4-10,31H,11H2,1-3H3,(H,26,27)/b25-10+. The number of phenols is 1. The highest BCUT2D eigenvalue weighted by Gasteiger charge is 2.19. The van der Waals surface area contributed by atoms with E-state index < -0.39 is 11.2 Å². The molecule has 0 spiro atoms. The third-order valence-corrected chi connectivity index (χ3v) is 6.11. The highest BCUT2D eigenvalue weighted by Crippen LogP contribution is 2.34. The summed E-state index contributed by atoms with van der Waals surface area (Å²) >= 11 is 9.28. The highest BCUT2D eigenvalue weighted by atomic mass is 79.9. The van der Waals surface area contributed by atoms with Crippen molar-refractivity contribution in [2.45, 2.75) is 6.54 Å². The van der Waals surface area contributed by atoms with Gasteiger partial charge in [-0.1, -0.05) is 23.7 Å². The Kier molecular flexibility index (Phi) is 6.49. The zero-order chi connectivity index (χ0) is 24.6. The zero-order valence-electron chi connectivity index (χ0n) is 18.4. The van der Waals surface area contributed by atoms with E-state index in [2.05, 4.69) is 31.4 Å². The molecule has 2 aromatic heterocycles. The zero-order valence-corrected chi connectivity index (χ0v) is 20.8. The maximum atomic E-state index is 13.0. The smallest absolute Gasteiger partial charge is 0.332 e. The largest absolute Gasteiger partial charge is 0.503 e. The number of methoxy groups -OCH3 is 1. The summed E-state index contributed by atoms with van der Waals surface area (Å²) in [6.07, 6.45) is 1.51. The molecule has 0 saturated heterocycles. The van der Waals surface area contributed by atoms with Crippen LogP contribution in [0.25, 0.3) is 11.2 Å². The van der Waals surface area contributed by atoms with Crippen LogP contribution in [0, 0.1) is 0 Å². The van der Waals surface area contributed by atoms with Gasteiger partial charge in [0.1, 0.15) is 0 Å². The van der Waals surface area contributed by atoms with Gasteiger partial charge >= 0.3 is 5.69 Å². The molecule has 0 radical (unpaired) electrons. The number of anilines is 1. The van der Waals surface area contributed by atoms with Gasteiger partial charge in [0.25, 0.3) is 5.56 Å². The van der Waals surface area contributed by atoms with E-state index in [1.54, 1.807) is 35.9 Å². The van der Waals surface area contributed by atoms with Crippen LogP contribution in [-0.4, -0.2) is 37.1 Å². The first-order chi connectivity index (χ1) is 16.2. The molecule has 0 aliphatic rings. The summed E-state index contributed by atoms with van der Waals surface area (Å²) in [5, 5.41) is 14.8. The van der Waals surface area contributed by atoms with E-state index in [9.17, 15) is 14.7 Å². The number of nitrogens with one attached hydrogen (secondary N) is 1. The molecule has 2 heterocycles. The molecule has 0 aliphatic carbocycles. The van der Waals surface area contributed by atoms with Crippen LogP contribution in [0.3, 0.4) is 0 Å². The van der Waals surface area contributed by atoms with Gasteiger partial charge in [0, 0.05) is 19.1 Å². The van der Waals surface area contributed by atoms with Gasteiger partial charge in [-0.15, -0.1) is 0 Å². The van der Waals surface area contributed by atoms with Crippen LogP contribution < -0.4 is 21.4 Å². The number of phenolic OH excluding ortho intramolecular Hbond substituents is 1. The summed E-state index contributed by atoms with van der Waals surface area (Å²) in [7, 11) is 4.42. The molecule has 10 nitrogen and oxygen atoms in total. The Morgan fingerprint density at radius 3 is 2.59 bits per heavy atom. The van der Waals surface area contributed by atoms with Gasteiger partial charge in [0.2, 0.25) is 5.95 Å². The molecule has 4 rings (SSSR count). The first kappa shape index (κ1) is 23.6. The molecule has 34 heavy (non-hydrogen) atoms. The molecule has 4 aromatic rings. The summed E-state index contributed by atoms with van der Waals surface area (Å²) in [5.41, 5.74) is 3.91. The number of halogens is 2. The highest BCUT2D eigenvalue weighted by molar-refractivity contribution is 9.10. The lowest BCUT2D eigenvalue weighted by Gasteiger charge is -2.09. The minimum Gasteiger partial charge on any atom is -0.503 e. The molecular formula is C22H20BrClN6O4. The average Bonchev–Trinajstić information content (AvgIpc) is 3.18. The Morgan fingerprint density at radius 2 is 1.91 bits per heavy atom. The maximum Gasteiger partial charge on any atom is 0.332 e. The van der Waals surface area contributed by atoms with Crippen molar-refractivity contribution >= 4 is 50.9 Å². The number of hydrazone groups is 1. The average molecular weight is 548 g/mol. The third kappa shape index (κ3) is 4.31. The van der Waals surface area contributed by atoms with Gasteiger partial charge in [-0.2, -0.15) is 10.1 Å². The first-order valence-corrected chi connectivity index (χ1v) is 11.1. The van der Waals surface area contributed by atoms with Crippen molar-refractivity contribution in [3.63, 3.8) is 0 Å². The number of fused-ring (bicyclic) bond motifs is 1. The lowest BCUT2D eigenvalue weighted by atomic mass is 10.2. The second kappa shape index (κ2) is 9.35. The van der Waals surface area contributed by atoms with Crippen LogP contribution in [0.15, 0.2) is 55.6 Å². The lowest BCUT2D eigenvalue weighted by Crippen LogP contribution is -2.37. The Bertz CT molecular complexity index is 1540. The van der Waals surface area contributed by atoms with Crippen molar-refractivity contribution in [3.8, 4) is 11.5 Å². The molecule has 0 saturated carbocycles. The molecule has 0 amide bonds. The predicted molar refractivity (Wildman–Crippen MR) is 134 cm³/mol. The van der Waals surface area contributed by atoms with E-state index >= 15 is 0 Å². The summed E-state index contributed by atoms with van der Waals surface area (Å²) in [6, 6.07) is 10.5. The summed E-state index contributed by atoms with van der Waals surface area (Å²) in [4.78, 5) is 29.9. The fraction of sp³-hybridized carbons (Fsp3) is 0.182. The second-order valence-corrected chi connectivity index (χ2v) is 8.74. The van der Waals surface area contributed by atoms with E-state index in [1.807, 2.05) is 12.1 Å². The van der Waals surface area contributed by atoms with Gasteiger partial charge in [-0.25, -0.2) is 10.2 Å². The number of ether oxygens (including phenoxy) is 1. The van der Waals surface area contributed by atoms with Crippen molar-refractivity contribution in [1.29, 1.82) is 0 Å². The minimum absolute atomic E-state index is 0.0193. The third-order valence-electron chi connectivity index (χ3n) is 5.25. The van der Waals surface area contributed by atoms with Gasteiger partial charge in [-0.05, 0) is 51.3 Å². The molecular weight excluding hydrogens is 528 g/mol. The lowest BCUT2D eigenvalue weighted by molar-refractivity contribution is 0.372. The van der Waals surface area contributed by atoms with Crippen molar-refractivity contribution in [2.24, 2.45) is 19.2 Å². The fourth-order valence-corrected chi connectivity index (χ4v) is 4.03. The topological polar surface area (TPSA) is 116 Å². The van der Waals surface area contributed by atoms with E-state index in [-0.39, 0.29) is 35.2 Å². The van der Waals surface area contributed by atoms with Crippen molar-refractivity contribution in [2.75, 3.05) is 12.5 Å². The quantitative estimate of drug-likeness (QED) is 0.283. The van der Waals surface area contributed by atoms with Gasteiger partial charge in [0.05, 0.1) is 24.3 Å². The maximum absolute atomic E-state index is 13.0. The number of hydrogen-bond donors (Lipinski definition) is 2. The van der Waals surface area contributed by atoms with E-state index in [0.29, 0.717) is 15.1 Å². The molecule has 0 unspecified atom stereocenters. The van der Waals surface area contributed by atoms with E-state index in [4.69, 9.17) is 16.3 Å². The van der Waals surface area contributed by atoms with Crippen molar-refractivity contribution < 1.29 is 9.84 Å². The minimum atomic E-state index is -0.482. The summed E-state index contributed by atoms with van der Waals surface area (Å²) in [5.74, 6) is 0.530. The Morgan fingerprint density at radius 1 is 1.21 bits per heavy atom. The number of aromatic hydroxyl groups is 1. The van der Waals surface area contributed by atoms with Crippen LogP contribution in [0.1, 0.15) is 11.1 Å². The summed E-state index contributed by atoms with van der Waals surface area (Å²) < 4.78 is 9.61. The second-order valence-electron chi connectivity index (χ2n) is 7.45. The van der Waals surface area contributed by atoms with Gasteiger partial charge < -0.3 is 9.84 Å². The van der Waals surface area contributed by atoms with Crippen LogP contribution in [0.2, 0.25) is 5.02 Å². The molecule has 2 N–H and O–H groups in total. The number of nitrogens with zero attached hydrogens (tertiary/aromatic N) is 5. The number of aryl methyl sites for hydroxylation is 1. The normalized spacial score (nSPS) is 11.4. The van der Waals surface area contributed by atoms with Crippen LogP contribution in [0.5, 0.6) is 11.5 Å². The number of aromatic nitrogens is 4. The monoisotopic (exact) mass is 546 g/mol. The van der Waals surface area contributed by atoms with Crippen LogP contribution in [0.4, 0.5) is 5.95 Å². The Labute approximate surface area is 206 Å². The molecule has 0 aliphatic heterocycles. The Balaban J connectivity index is 1.79. The van der Waals surface area contributed by atoms with Gasteiger partial charge in [0.15, 0.2) is 22.7 Å². The number of imidazole rings is 1. The molecule has 12 heteroatoms. The SMILES string of the molecule is COc1cc(/C=N/Nc2nc3c(c(=O)n(C)c(=O)n3C)n2Cc2ccc(Cl)cc2)cc(Br)c1O. The predicted octanol–water partition coefficient (Wildman–Crippen LogP) is 3.06. The number of rotatable bonds is 6. The van der Waals surface area contributed by atoms with Crippen molar-refractivity contribution in [1.82, 2.24) is 18.7 Å². The van der Waals surface area contributed by atoms with Crippen LogP contribution in [-0.2, 0) is 20.6 Å². The van der Waals surface area contributed by atoms with E-state index in [1.165, 1.54) is 24.9 Å². The molecule has 0 fully saturated rings. The Hall–Kier alpha value is -3.57. The first-order valence-electron chi connectivity index (χ1n) is 9.97. The van der Waals surface area contributed by atoms with Crippen LogP contribution >= 0.6 is 27.5 Å². The van der Waals surface area contributed by atoms with Crippen molar-refractivity contribution in [3.05, 3.63) is 77.9 Å². The molecule has 0 atom stereocenters. The fourth-order valence-electron chi connectivity index (χ4n) is 3.45. The number of hydrogen-bond acceptors (Lipinski definition) is 7. The van der Waals surface area contributed by atoms with E-state index in [0.717, 1.165) is 10.1 Å². The molecule has 0 bridgehead atoms. The molecule has 2 aromatic carbocycles. The van der Waals surface area contributed by atoms with Gasteiger partial charge in [-0.3, -0.25) is 18.5 Å².